The van der Waals surface area contributed by atoms with E-state index in [1.807, 2.05) is 24.3 Å². The summed E-state index contributed by atoms with van der Waals surface area (Å²) in [6.45, 7) is 0.740. The number of hydrogen-bond acceptors (Lipinski definition) is 3. The van der Waals surface area contributed by atoms with Gasteiger partial charge in [-0.3, -0.25) is 9.59 Å². The highest BCUT2D eigenvalue weighted by molar-refractivity contribution is 5.90. The van der Waals surface area contributed by atoms with Gasteiger partial charge in [0, 0.05) is 25.1 Å². The summed E-state index contributed by atoms with van der Waals surface area (Å²) in [5, 5.41) is 2.72. The van der Waals surface area contributed by atoms with Crippen molar-refractivity contribution < 1.29 is 18.7 Å². The van der Waals surface area contributed by atoms with Crippen molar-refractivity contribution in [1.29, 1.82) is 0 Å². The molecule has 2 aromatic carbocycles. The first-order chi connectivity index (χ1) is 12.6. The molecule has 0 spiro atoms. The molecule has 3 rings (SSSR count). The van der Waals surface area contributed by atoms with Crippen LogP contribution in [0.5, 0.6) is 5.75 Å². The first kappa shape index (κ1) is 17.9. The van der Waals surface area contributed by atoms with E-state index in [1.165, 1.54) is 11.0 Å². The third-order valence-corrected chi connectivity index (χ3v) is 4.52. The highest BCUT2D eigenvalue weighted by Crippen LogP contribution is 2.26. The minimum atomic E-state index is -0.923. The van der Waals surface area contributed by atoms with Gasteiger partial charge in [0.1, 0.15) is 17.6 Å². The van der Waals surface area contributed by atoms with Crippen LogP contribution in [0, 0.1) is 5.82 Å². The van der Waals surface area contributed by atoms with Crippen LogP contribution in [0.2, 0.25) is 0 Å². The molecule has 1 fully saturated rings. The van der Waals surface area contributed by atoms with Gasteiger partial charge in [0.15, 0.2) is 0 Å². The molecule has 0 saturated carbocycles. The van der Waals surface area contributed by atoms with Crippen molar-refractivity contribution in [3.63, 3.8) is 0 Å². The number of nitrogens with one attached hydrogen (secondary N) is 1. The number of rotatable bonds is 5. The number of amides is 2. The van der Waals surface area contributed by atoms with Gasteiger partial charge in [-0.1, -0.05) is 30.3 Å². The highest BCUT2D eigenvalue weighted by atomic mass is 19.1. The van der Waals surface area contributed by atoms with Gasteiger partial charge >= 0.3 is 0 Å². The van der Waals surface area contributed by atoms with Crippen molar-refractivity contribution in [2.45, 2.75) is 18.9 Å². The van der Waals surface area contributed by atoms with Gasteiger partial charge in [0.2, 0.25) is 11.8 Å². The van der Waals surface area contributed by atoms with Crippen molar-refractivity contribution in [2.75, 3.05) is 20.2 Å². The standard InChI is InChI=1S/C20H21FN2O3/c1-26-15-9-6-14(7-10-15)8-11-18(24)23-13-12-22-20(25)19(23)16-4-2-3-5-17(16)21/h2-7,9-10,19H,8,11-13H2,1H3,(H,22,25). The largest absolute Gasteiger partial charge is 0.497 e. The van der Waals surface area contributed by atoms with Crippen LogP contribution in [-0.4, -0.2) is 36.9 Å². The molecule has 0 bridgehead atoms. The number of nitrogens with zero attached hydrogens (tertiary/aromatic N) is 1. The zero-order valence-electron chi connectivity index (χ0n) is 14.6. The van der Waals surface area contributed by atoms with Crippen molar-refractivity contribution >= 4 is 11.8 Å². The fourth-order valence-electron chi connectivity index (χ4n) is 3.13. The molecule has 1 unspecified atom stereocenters. The van der Waals surface area contributed by atoms with Crippen LogP contribution in [-0.2, 0) is 16.0 Å². The van der Waals surface area contributed by atoms with E-state index in [0.29, 0.717) is 19.5 Å². The quantitative estimate of drug-likeness (QED) is 0.895. The van der Waals surface area contributed by atoms with E-state index < -0.39 is 11.9 Å². The molecule has 0 aromatic heterocycles. The lowest BCUT2D eigenvalue weighted by molar-refractivity contribution is -0.143. The van der Waals surface area contributed by atoms with Crippen LogP contribution in [0.25, 0.3) is 0 Å². The molecule has 1 aliphatic heterocycles. The molecule has 1 atom stereocenters. The Morgan fingerprint density at radius 1 is 1.23 bits per heavy atom. The minimum Gasteiger partial charge on any atom is -0.497 e. The average Bonchev–Trinajstić information content (AvgIpc) is 2.67. The Kier molecular flexibility index (Phi) is 5.51. The Morgan fingerprint density at radius 2 is 1.96 bits per heavy atom. The topological polar surface area (TPSA) is 58.6 Å². The Labute approximate surface area is 151 Å². The first-order valence-corrected chi connectivity index (χ1v) is 8.54. The van der Waals surface area contributed by atoms with Gasteiger partial charge in [-0.2, -0.15) is 0 Å². The summed E-state index contributed by atoms with van der Waals surface area (Å²) >= 11 is 0. The van der Waals surface area contributed by atoms with Crippen molar-refractivity contribution in [3.8, 4) is 5.75 Å². The van der Waals surface area contributed by atoms with Gasteiger partial charge in [0.25, 0.3) is 0 Å². The monoisotopic (exact) mass is 356 g/mol. The Bertz CT molecular complexity index is 792. The average molecular weight is 356 g/mol. The van der Waals surface area contributed by atoms with Gasteiger partial charge in [-0.25, -0.2) is 4.39 Å². The molecule has 6 heteroatoms. The molecule has 1 N–H and O–H groups in total. The molecule has 2 aromatic rings. The molecule has 1 heterocycles. The number of benzene rings is 2. The predicted molar refractivity (Wildman–Crippen MR) is 95.2 cm³/mol. The maximum Gasteiger partial charge on any atom is 0.247 e. The zero-order chi connectivity index (χ0) is 18.5. The van der Waals surface area contributed by atoms with Crippen molar-refractivity contribution in [1.82, 2.24) is 10.2 Å². The molecule has 1 saturated heterocycles. The summed E-state index contributed by atoms with van der Waals surface area (Å²) < 4.78 is 19.3. The normalized spacial score (nSPS) is 16.9. The number of aryl methyl sites for hydroxylation is 1. The van der Waals surface area contributed by atoms with Gasteiger partial charge in [-0.15, -0.1) is 0 Å². The number of ether oxygens (including phenoxy) is 1. The van der Waals surface area contributed by atoms with E-state index >= 15 is 0 Å². The van der Waals surface area contributed by atoms with Crippen LogP contribution in [0.1, 0.15) is 23.6 Å². The Balaban J connectivity index is 1.73. The molecule has 2 amide bonds. The van der Waals surface area contributed by atoms with Gasteiger partial charge in [0.05, 0.1) is 7.11 Å². The second kappa shape index (κ2) is 7.99. The lowest BCUT2D eigenvalue weighted by Gasteiger charge is -2.35. The predicted octanol–water partition coefficient (Wildman–Crippen LogP) is 2.47. The van der Waals surface area contributed by atoms with Crippen LogP contribution in [0.15, 0.2) is 48.5 Å². The summed E-state index contributed by atoms with van der Waals surface area (Å²) in [5.74, 6) is -0.238. The summed E-state index contributed by atoms with van der Waals surface area (Å²) in [4.78, 5) is 26.5. The fraction of sp³-hybridized carbons (Fsp3) is 0.300. The second-order valence-corrected chi connectivity index (χ2v) is 6.15. The Hall–Kier alpha value is -2.89. The fourth-order valence-corrected chi connectivity index (χ4v) is 3.13. The Morgan fingerprint density at radius 3 is 2.65 bits per heavy atom. The van der Waals surface area contributed by atoms with Gasteiger partial charge < -0.3 is 15.0 Å². The smallest absolute Gasteiger partial charge is 0.247 e. The number of methoxy groups -OCH3 is 1. The maximum atomic E-state index is 14.2. The SMILES string of the molecule is COc1ccc(CCC(=O)N2CCNC(=O)C2c2ccccc2F)cc1. The molecule has 0 aliphatic carbocycles. The minimum absolute atomic E-state index is 0.163. The first-order valence-electron chi connectivity index (χ1n) is 8.54. The molecular formula is C20H21FN2O3. The van der Waals surface area contributed by atoms with Crippen LogP contribution < -0.4 is 10.1 Å². The molecular weight excluding hydrogens is 335 g/mol. The lowest BCUT2D eigenvalue weighted by Crippen LogP contribution is -2.52. The van der Waals surface area contributed by atoms with Crippen LogP contribution in [0.3, 0.4) is 0 Å². The number of carbonyl (C=O) groups excluding carboxylic acids is 2. The number of carbonyl (C=O) groups is 2. The van der Waals surface area contributed by atoms with Crippen LogP contribution >= 0.6 is 0 Å². The second-order valence-electron chi connectivity index (χ2n) is 6.15. The van der Waals surface area contributed by atoms with E-state index in [4.69, 9.17) is 4.74 Å². The molecule has 0 radical (unpaired) electrons. The third-order valence-electron chi connectivity index (χ3n) is 4.52. The number of piperazine rings is 1. The van der Waals surface area contributed by atoms with Crippen molar-refractivity contribution in [2.24, 2.45) is 0 Å². The summed E-state index contributed by atoms with van der Waals surface area (Å²) in [5.41, 5.74) is 1.23. The number of halogens is 1. The summed E-state index contributed by atoms with van der Waals surface area (Å²) in [6.07, 6.45) is 0.801. The van der Waals surface area contributed by atoms with Crippen LogP contribution in [0.4, 0.5) is 4.39 Å². The molecule has 5 nitrogen and oxygen atoms in total. The molecule has 26 heavy (non-hydrogen) atoms. The van der Waals surface area contributed by atoms with Gasteiger partial charge in [-0.05, 0) is 30.2 Å². The highest BCUT2D eigenvalue weighted by Gasteiger charge is 2.35. The third kappa shape index (κ3) is 3.85. The maximum absolute atomic E-state index is 14.2. The van der Waals surface area contributed by atoms with E-state index in [1.54, 1.807) is 25.3 Å². The van der Waals surface area contributed by atoms with E-state index in [-0.39, 0.29) is 23.8 Å². The molecule has 136 valence electrons. The number of hydrogen-bond donors (Lipinski definition) is 1. The molecule has 1 aliphatic rings. The summed E-state index contributed by atoms with van der Waals surface area (Å²) in [6, 6.07) is 12.7. The lowest BCUT2D eigenvalue weighted by atomic mass is 10.0. The van der Waals surface area contributed by atoms with Crippen molar-refractivity contribution in [3.05, 3.63) is 65.5 Å². The summed E-state index contributed by atoms with van der Waals surface area (Å²) in [7, 11) is 1.60. The van der Waals surface area contributed by atoms with E-state index in [0.717, 1.165) is 11.3 Å². The van der Waals surface area contributed by atoms with E-state index in [9.17, 15) is 14.0 Å². The van der Waals surface area contributed by atoms with E-state index in [2.05, 4.69) is 5.32 Å². The zero-order valence-corrected chi connectivity index (χ0v) is 14.6.